The Balaban J connectivity index is 1.60. The molecule has 1 heterocycles. The monoisotopic (exact) mass is 243 g/mol. The zero-order valence-corrected chi connectivity index (χ0v) is 10.5. The lowest BCUT2D eigenvalue weighted by atomic mass is 10.1. The highest BCUT2D eigenvalue weighted by Crippen LogP contribution is 2.19. The summed E-state index contributed by atoms with van der Waals surface area (Å²) < 4.78 is 5.22. The largest absolute Gasteiger partial charge is 0.338 e. The molecule has 0 atom stereocenters. The molecular weight excluding hydrogens is 226 g/mol. The Kier molecular flexibility index (Phi) is 3.11. The Labute approximate surface area is 106 Å². The van der Waals surface area contributed by atoms with Crippen molar-refractivity contribution in [3.05, 3.63) is 47.1 Å². The van der Waals surface area contributed by atoms with Crippen LogP contribution in [0.5, 0.6) is 0 Å². The lowest BCUT2D eigenvalue weighted by Crippen LogP contribution is -2.15. The minimum atomic E-state index is 0.664. The van der Waals surface area contributed by atoms with E-state index in [9.17, 15) is 0 Å². The van der Waals surface area contributed by atoms with E-state index >= 15 is 0 Å². The summed E-state index contributed by atoms with van der Waals surface area (Å²) in [6, 6.07) is 9.08. The van der Waals surface area contributed by atoms with Gasteiger partial charge < -0.3 is 9.84 Å². The Morgan fingerprint density at radius 2 is 2.06 bits per heavy atom. The van der Waals surface area contributed by atoms with Gasteiger partial charge >= 0.3 is 0 Å². The number of aromatic nitrogens is 2. The third-order valence-electron chi connectivity index (χ3n) is 3.11. The molecule has 4 nitrogen and oxygen atoms in total. The maximum Gasteiger partial charge on any atom is 0.240 e. The van der Waals surface area contributed by atoms with E-state index in [1.807, 2.05) is 0 Å². The smallest absolute Gasteiger partial charge is 0.240 e. The highest BCUT2D eigenvalue weighted by molar-refractivity contribution is 5.23. The average Bonchev–Trinajstić information content (AvgIpc) is 3.10. The number of aryl methyl sites for hydroxylation is 1. The molecule has 94 valence electrons. The molecule has 0 unspecified atom stereocenters. The predicted octanol–water partition coefficient (Wildman–Crippen LogP) is 2.22. The SMILES string of the molecule is Cc1ccc(Cc2noc(CNC3CC3)n2)cc1. The number of benzene rings is 1. The van der Waals surface area contributed by atoms with Crippen LogP contribution in [0.2, 0.25) is 0 Å². The van der Waals surface area contributed by atoms with Gasteiger partial charge in [0.05, 0.1) is 6.54 Å². The van der Waals surface area contributed by atoms with Crippen molar-refractivity contribution in [2.75, 3.05) is 0 Å². The van der Waals surface area contributed by atoms with Crippen molar-refractivity contribution in [1.29, 1.82) is 0 Å². The first-order chi connectivity index (χ1) is 8.79. The second kappa shape index (κ2) is 4.90. The maximum atomic E-state index is 5.22. The minimum absolute atomic E-state index is 0.664. The molecule has 0 spiro atoms. The van der Waals surface area contributed by atoms with Crippen LogP contribution in [-0.4, -0.2) is 16.2 Å². The van der Waals surface area contributed by atoms with Crippen LogP contribution in [0.15, 0.2) is 28.8 Å². The second-order valence-electron chi connectivity index (χ2n) is 4.92. The van der Waals surface area contributed by atoms with Crippen molar-refractivity contribution in [1.82, 2.24) is 15.5 Å². The van der Waals surface area contributed by atoms with Gasteiger partial charge in [0, 0.05) is 12.5 Å². The molecule has 4 heteroatoms. The van der Waals surface area contributed by atoms with Crippen molar-refractivity contribution >= 4 is 0 Å². The Bertz CT molecular complexity index is 514. The Morgan fingerprint density at radius 3 is 2.78 bits per heavy atom. The van der Waals surface area contributed by atoms with Crippen molar-refractivity contribution < 1.29 is 4.52 Å². The standard InChI is InChI=1S/C14H17N3O/c1-10-2-4-11(5-3-10)8-13-16-14(18-17-13)9-15-12-6-7-12/h2-5,12,15H,6-9H2,1H3. The maximum absolute atomic E-state index is 5.22. The van der Waals surface area contributed by atoms with E-state index in [0.29, 0.717) is 18.5 Å². The molecule has 1 aliphatic rings. The predicted molar refractivity (Wildman–Crippen MR) is 68.1 cm³/mol. The van der Waals surface area contributed by atoms with Gasteiger partial charge in [0.25, 0.3) is 0 Å². The lowest BCUT2D eigenvalue weighted by molar-refractivity contribution is 0.363. The summed E-state index contributed by atoms with van der Waals surface area (Å²) in [5, 5.41) is 7.37. The molecule has 1 fully saturated rings. The van der Waals surface area contributed by atoms with Gasteiger partial charge in [-0.15, -0.1) is 0 Å². The molecule has 1 aliphatic carbocycles. The molecule has 2 aromatic rings. The van der Waals surface area contributed by atoms with E-state index in [2.05, 4.69) is 46.6 Å². The van der Waals surface area contributed by atoms with E-state index in [1.165, 1.54) is 24.0 Å². The van der Waals surface area contributed by atoms with E-state index in [1.54, 1.807) is 0 Å². The third kappa shape index (κ3) is 2.96. The van der Waals surface area contributed by atoms with Crippen molar-refractivity contribution in [2.45, 2.75) is 38.8 Å². The molecule has 0 amide bonds. The topological polar surface area (TPSA) is 51.0 Å². The zero-order valence-electron chi connectivity index (χ0n) is 10.5. The fourth-order valence-electron chi connectivity index (χ4n) is 1.84. The molecule has 1 aromatic carbocycles. The zero-order chi connectivity index (χ0) is 12.4. The Hall–Kier alpha value is -1.68. The molecule has 1 N–H and O–H groups in total. The van der Waals surface area contributed by atoms with Crippen molar-refractivity contribution in [3.8, 4) is 0 Å². The van der Waals surface area contributed by atoms with E-state index < -0.39 is 0 Å². The van der Waals surface area contributed by atoms with Gasteiger partial charge in [-0.1, -0.05) is 35.0 Å². The van der Waals surface area contributed by atoms with Crippen LogP contribution < -0.4 is 5.32 Å². The van der Waals surface area contributed by atoms with Crippen LogP contribution in [0.4, 0.5) is 0 Å². The molecule has 3 rings (SSSR count). The van der Waals surface area contributed by atoms with E-state index in [4.69, 9.17) is 4.52 Å². The summed E-state index contributed by atoms with van der Waals surface area (Å²) in [5.74, 6) is 1.44. The lowest BCUT2D eigenvalue weighted by Gasteiger charge is -1.97. The van der Waals surface area contributed by atoms with Gasteiger partial charge in [-0.25, -0.2) is 0 Å². The Morgan fingerprint density at radius 1 is 1.28 bits per heavy atom. The number of nitrogens with zero attached hydrogens (tertiary/aromatic N) is 2. The van der Waals surface area contributed by atoms with Gasteiger partial charge in [0.2, 0.25) is 5.89 Å². The quantitative estimate of drug-likeness (QED) is 0.874. The molecule has 0 radical (unpaired) electrons. The summed E-state index contributed by atoms with van der Waals surface area (Å²) in [4.78, 5) is 4.39. The molecule has 18 heavy (non-hydrogen) atoms. The molecule has 0 aliphatic heterocycles. The third-order valence-corrected chi connectivity index (χ3v) is 3.11. The molecule has 1 saturated carbocycles. The van der Waals surface area contributed by atoms with Crippen LogP contribution in [0.3, 0.4) is 0 Å². The summed E-state index contributed by atoms with van der Waals surface area (Å²) in [5.41, 5.74) is 2.48. The minimum Gasteiger partial charge on any atom is -0.338 e. The molecule has 0 saturated heterocycles. The van der Waals surface area contributed by atoms with Crippen LogP contribution in [-0.2, 0) is 13.0 Å². The average molecular weight is 243 g/mol. The number of hydrogen-bond donors (Lipinski definition) is 1. The summed E-state index contributed by atoms with van der Waals surface area (Å²) in [6.07, 6.45) is 3.27. The van der Waals surface area contributed by atoms with Crippen molar-refractivity contribution in [3.63, 3.8) is 0 Å². The van der Waals surface area contributed by atoms with E-state index in [-0.39, 0.29) is 0 Å². The fourth-order valence-corrected chi connectivity index (χ4v) is 1.84. The molecular formula is C14H17N3O. The highest BCUT2D eigenvalue weighted by Gasteiger charge is 2.21. The first-order valence-electron chi connectivity index (χ1n) is 6.40. The van der Waals surface area contributed by atoms with Crippen LogP contribution in [0.1, 0.15) is 35.7 Å². The second-order valence-corrected chi connectivity index (χ2v) is 4.92. The normalized spacial score (nSPS) is 14.9. The van der Waals surface area contributed by atoms with Gasteiger partial charge in [-0.05, 0) is 25.3 Å². The van der Waals surface area contributed by atoms with Gasteiger partial charge in [-0.3, -0.25) is 0 Å². The van der Waals surface area contributed by atoms with Crippen LogP contribution in [0, 0.1) is 6.92 Å². The van der Waals surface area contributed by atoms with Gasteiger partial charge in [0.15, 0.2) is 5.82 Å². The molecule has 0 bridgehead atoms. The first kappa shape index (κ1) is 11.4. The number of nitrogens with one attached hydrogen (secondary N) is 1. The van der Waals surface area contributed by atoms with Crippen molar-refractivity contribution in [2.24, 2.45) is 0 Å². The number of rotatable bonds is 5. The molecule has 1 aromatic heterocycles. The van der Waals surface area contributed by atoms with Gasteiger partial charge in [-0.2, -0.15) is 4.98 Å². The van der Waals surface area contributed by atoms with Crippen LogP contribution >= 0.6 is 0 Å². The highest BCUT2D eigenvalue weighted by atomic mass is 16.5. The van der Waals surface area contributed by atoms with Gasteiger partial charge in [0.1, 0.15) is 0 Å². The summed E-state index contributed by atoms with van der Waals surface area (Å²) in [6.45, 7) is 2.77. The summed E-state index contributed by atoms with van der Waals surface area (Å²) >= 11 is 0. The first-order valence-corrected chi connectivity index (χ1v) is 6.40. The number of hydrogen-bond acceptors (Lipinski definition) is 4. The summed E-state index contributed by atoms with van der Waals surface area (Å²) in [7, 11) is 0. The van der Waals surface area contributed by atoms with Crippen LogP contribution in [0.25, 0.3) is 0 Å². The fraction of sp³-hybridized carbons (Fsp3) is 0.429. The van der Waals surface area contributed by atoms with E-state index in [0.717, 1.165) is 12.2 Å².